The highest BCUT2D eigenvalue weighted by atomic mass is 16.5. The quantitative estimate of drug-likeness (QED) is 0.874. The molecule has 0 bridgehead atoms. The average molecular weight is 275 g/mol. The molecule has 0 saturated carbocycles. The SMILES string of the molecule is CCc1cccc2c(CCOC)c(C(=O)O)c(=O)[nH]c12. The topological polar surface area (TPSA) is 79.4 Å². The Kier molecular flexibility index (Phi) is 4.20. The van der Waals surface area contributed by atoms with Gasteiger partial charge in [0.2, 0.25) is 0 Å². The van der Waals surface area contributed by atoms with Gasteiger partial charge in [-0.25, -0.2) is 4.79 Å². The van der Waals surface area contributed by atoms with Crippen molar-refractivity contribution in [2.45, 2.75) is 19.8 Å². The fraction of sp³-hybridized carbons (Fsp3) is 0.333. The van der Waals surface area contributed by atoms with E-state index in [4.69, 9.17) is 4.74 Å². The Bertz CT molecular complexity index is 703. The Balaban J connectivity index is 2.83. The van der Waals surface area contributed by atoms with Crippen molar-refractivity contribution < 1.29 is 14.6 Å². The van der Waals surface area contributed by atoms with Gasteiger partial charge in [-0.2, -0.15) is 0 Å². The molecule has 0 radical (unpaired) electrons. The molecule has 1 aromatic heterocycles. The molecule has 5 heteroatoms. The zero-order valence-corrected chi connectivity index (χ0v) is 11.5. The summed E-state index contributed by atoms with van der Waals surface area (Å²) in [4.78, 5) is 26.1. The molecular weight excluding hydrogens is 258 g/mol. The number of methoxy groups -OCH3 is 1. The number of H-pyrrole nitrogens is 1. The van der Waals surface area contributed by atoms with E-state index in [9.17, 15) is 14.7 Å². The van der Waals surface area contributed by atoms with Crippen LogP contribution in [0.2, 0.25) is 0 Å². The number of hydrogen-bond acceptors (Lipinski definition) is 3. The van der Waals surface area contributed by atoms with Crippen LogP contribution in [-0.4, -0.2) is 29.8 Å². The second kappa shape index (κ2) is 5.88. The number of aromatic amines is 1. The molecule has 0 spiro atoms. The molecular formula is C15H17NO4. The van der Waals surface area contributed by atoms with Crippen molar-refractivity contribution in [3.63, 3.8) is 0 Å². The smallest absolute Gasteiger partial charge is 0.341 e. The maximum Gasteiger partial charge on any atom is 0.341 e. The number of hydrogen-bond donors (Lipinski definition) is 2. The number of pyridine rings is 1. The third-order valence-corrected chi connectivity index (χ3v) is 3.39. The number of aromatic carboxylic acids is 1. The van der Waals surface area contributed by atoms with Crippen LogP contribution in [0.5, 0.6) is 0 Å². The van der Waals surface area contributed by atoms with E-state index in [1.165, 1.54) is 0 Å². The number of carboxylic acid groups (broad SMARTS) is 1. The van der Waals surface area contributed by atoms with Gasteiger partial charge >= 0.3 is 5.97 Å². The van der Waals surface area contributed by atoms with E-state index in [-0.39, 0.29) is 5.56 Å². The number of benzene rings is 1. The molecule has 0 atom stereocenters. The van der Waals surface area contributed by atoms with Gasteiger partial charge in [0, 0.05) is 12.5 Å². The number of rotatable bonds is 5. The summed E-state index contributed by atoms with van der Waals surface area (Å²) in [7, 11) is 1.55. The minimum Gasteiger partial charge on any atom is -0.477 e. The molecule has 0 aliphatic rings. The van der Waals surface area contributed by atoms with Crippen molar-refractivity contribution in [1.82, 2.24) is 4.98 Å². The average Bonchev–Trinajstić information content (AvgIpc) is 2.43. The molecule has 0 unspecified atom stereocenters. The molecule has 0 fully saturated rings. The summed E-state index contributed by atoms with van der Waals surface area (Å²) in [6.45, 7) is 2.36. The number of aryl methyl sites for hydroxylation is 1. The van der Waals surface area contributed by atoms with E-state index in [2.05, 4.69) is 4.98 Å². The zero-order valence-electron chi connectivity index (χ0n) is 11.5. The second-order valence-corrected chi connectivity index (χ2v) is 4.55. The van der Waals surface area contributed by atoms with E-state index in [0.29, 0.717) is 18.6 Å². The van der Waals surface area contributed by atoms with Crippen LogP contribution in [0.3, 0.4) is 0 Å². The molecule has 5 nitrogen and oxygen atoms in total. The predicted molar refractivity (Wildman–Crippen MR) is 76.5 cm³/mol. The van der Waals surface area contributed by atoms with E-state index in [0.717, 1.165) is 22.9 Å². The second-order valence-electron chi connectivity index (χ2n) is 4.55. The molecule has 0 aliphatic heterocycles. The van der Waals surface area contributed by atoms with Gasteiger partial charge in [0.15, 0.2) is 0 Å². The van der Waals surface area contributed by atoms with Crippen molar-refractivity contribution in [3.8, 4) is 0 Å². The van der Waals surface area contributed by atoms with Gasteiger partial charge in [-0.3, -0.25) is 4.79 Å². The lowest BCUT2D eigenvalue weighted by molar-refractivity contribution is 0.0693. The summed E-state index contributed by atoms with van der Waals surface area (Å²) in [5.74, 6) is -1.21. The lowest BCUT2D eigenvalue weighted by Crippen LogP contribution is -2.22. The molecule has 0 amide bonds. The highest BCUT2D eigenvalue weighted by Gasteiger charge is 2.19. The summed E-state index contributed by atoms with van der Waals surface area (Å²) in [5, 5.41) is 10.0. The Morgan fingerprint density at radius 3 is 2.75 bits per heavy atom. The first-order chi connectivity index (χ1) is 9.60. The van der Waals surface area contributed by atoms with Crippen LogP contribution < -0.4 is 5.56 Å². The fourth-order valence-corrected chi connectivity index (χ4v) is 2.43. The lowest BCUT2D eigenvalue weighted by atomic mass is 9.98. The van der Waals surface area contributed by atoms with Crippen molar-refractivity contribution in [3.05, 3.63) is 45.2 Å². The van der Waals surface area contributed by atoms with Crippen LogP contribution in [-0.2, 0) is 17.6 Å². The number of aromatic nitrogens is 1. The van der Waals surface area contributed by atoms with Gasteiger partial charge in [0.1, 0.15) is 5.56 Å². The van der Waals surface area contributed by atoms with Gasteiger partial charge < -0.3 is 14.8 Å². The number of fused-ring (bicyclic) bond motifs is 1. The summed E-state index contributed by atoms with van der Waals surface area (Å²) < 4.78 is 5.02. The Morgan fingerprint density at radius 2 is 2.15 bits per heavy atom. The van der Waals surface area contributed by atoms with Gasteiger partial charge in [-0.15, -0.1) is 0 Å². The third kappa shape index (κ3) is 2.44. The summed E-state index contributed by atoms with van der Waals surface area (Å²) in [5.41, 5.74) is 1.50. The number of ether oxygens (including phenoxy) is 1. The van der Waals surface area contributed by atoms with Crippen LogP contribution in [0.4, 0.5) is 0 Å². The van der Waals surface area contributed by atoms with E-state index in [1.807, 2.05) is 25.1 Å². The van der Waals surface area contributed by atoms with E-state index in [1.54, 1.807) is 7.11 Å². The molecule has 0 aliphatic carbocycles. The van der Waals surface area contributed by atoms with Crippen molar-refractivity contribution in [2.75, 3.05) is 13.7 Å². The van der Waals surface area contributed by atoms with Crippen molar-refractivity contribution in [2.24, 2.45) is 0 Å². The van der Waals surface area contributed by atoms with Gasteiger partial charge in [-0.05, 0) is 24.0 Å². The molecule has 0 saturated heterocycles. The molecule has 2 N–H and O–H groups in total. The number of carboxylic acids is 1. The maximum atomic E-state index is 12.0. The Morgan fingerprint density at radius 1 is 1.40 bits per heavy atom. The first kappa shape index (κ1) is 14.3. The molecule has 20 heavy (non-hydrogen) atoms. The largest absolute Gasteiger partial charge is 0.477 e. The molecule has 1 heterocycles. The zero-order chi connectivity index (χ0) is 14.7. The predicted octanol–water partition coefficient (Wildman–Crippen LogP) is 1.98. The fourth-order valence-electron chi connectivity index (χ4n) is 2.43. The van der Waals surface area contributed by atoms with Crippen molar-refractivity contribution in [1.29, 1.82) is 0 Å². The Labute approximate surface area is 116 Å². The first-order valence-corrected chi connectivity index (χ1v) is 6.49. The summed E-state index contributed by atoms with van der Waals surface area (Å²) in [6.07, 6.45) is 1.16. The monoisotopic (exact) mass is 275 g/mol. The minimum atomic E-state index is -1.21. The van der Waals surface area contributed by atoms with Crippen LogP contribution in [0.1, 0.15) is 28.4 Å². The van der Waals surface area contributed by atoms with E-state index < -0.39 is 11.5 Å². The maximum absolute atomic E-state index is 12.0. The normalized spacial score (nSPS) is 10.9. The molecule has 2 rings (SSSR count). The van der Waals surface area contributed by atoms with E-state index >= 15 is 0 Å². The first-order valence-electron chi connectivity index (χ1n) is 6.49. The molecule has 106 valence electrons. The number of para-hydroxylation sites is 1. The Hall–Kier alpha value is -2.14. The van der Waals surface area contributed by atoms with Gasteiger partial charge in [0.25, 0.3) is 5.56 Å². The number of nitrogens with one attached hydrogen (secondary N) is 1. The van der Waals surface area contributed by atoms with Crippen molar-refractivity contribution >= 4 is 16.9 Å². The number of carbonyl (C=O) groups is 1. The van der Waals surface area contributed by atoms with Crippen LogP contribution >= 0.6 is 0 Å². The summed E-state index contributed by atoms with van der Waals surface area (Å²) in [6, 6.07) is 5.64. The minimum absolute atomic E-state index is 0.192. The van der Waals surface area contributed by atoms with Crippen LogP contribution in [0.15, 0.2) is 23.0 Å². The standard InChI is InChI=1S/C15H17NO4/c1-3-9-5-4-6-11-10(7-8-20-2)12(15(18)19)14(17)16-13(9)11/h4-6H,3,7-8H2,1-2H3,(H,16,17)(H,18,19). The highest BCUT2D eigenvalue weighted by molar-refractivity contribution is 5.96. The highest BCUT2D eigenvalue weighted by Crippen LogP contribution is 2.22. The van der Waals surface area contributed by atoms with Gasteiger partial charge in [0.05, 0.1) is 12.1 Å². The molecule has 2 aromatic rings. The summed E-state index contributed by atoms with van der Waals surface area (Å²) >= 11 is 0. The van der Waals surface area contributed by atoms with Crippen LogP contribution in [0, 0.1) is 0 Å². The third-order valence-electron chi connectivity index (χ3n) is 3.39. The van der Waals surface area contributed by atoms with Crippen LogP contribution in [0.25, 0.3) is 10.9 Å². The van der Waals surface area contributed by atoms with Gasteiger partial charge in [-0.1, -0.05) is 25.1 Å². The lowest BCUT2D eigenvalue weighted by Gasteiger charge is -2.12. The molecule has 1 aromatic carbocycles.